The molecular weight excluding hydrogens is 216 g/mol. The number of hydrogen-bond donors (Lipinski definition) is 0. The molecule has 0 radical (unpaired) electrons. The van der Waals surface area contributed by atoms with Crippen LogP contribution in [0.25, 0.3) is 0 Å². The number of piperazine rings is 1. The topological polar surface area (TPSA) is 32.8 Å². The first kappa shape index (κ1) is 12.8. The highest BCUT2D eigenvalue weighted by molar-refractivity contribution is 5.73. The Kier molecular flexibility index (Phi) is 4.05. The second kappa shape index (κ2) is 5.36. The summed E-state index contributed by atoms with van der Waals surface area (Å²) in [5.74, 6) is 0.208. The van der Waals surface area contributed by atoms with E-state index in [1.54, 1.807) is 6.92 Å². The lowest BCUT2D eigenvalue weighted by Gasteiger charge is -2.36. The van der Waals surface area contributed by atoms with Gasteiger partial charge < -0.3 is 9.64 Å². The fraction of sp³-hybridized carbons (Fsp3) is 0.923. The first-order chi connectivity index (χ1) is 8.15. The molecule has 4 nitrogen and oxygen atoms in total. The van der Waals surface area contributed by atoms with E-state index < -0.39 is 0 Å². The molecule has 0 aromatic carbocycles. The van der Waals surface area contributed by atoms with Gasteiger partial charge in [-0.3, -0.25) is 9.69 Å². The molecule has 0 unspecified atom stereocenters. The number of carbonyl (C=O) groups is 1. The van der Waals surface area contributed by atoms with Gasteiger partial charge in [0.15, 0.2) is 0 Å². The van der Waals surface area contributed by atoms with Gasteiger partial charge in [0.2, 0.25) is 5.91 Å². The molecule has 0 N–H and O–H groups in total. The molecule has 1 saturated carbocycles. The van der Waals surface area contributed by atoms with Crippen molar-refractivity contribution >= 4 is 5.91 Å². The van der Waals surface area contributed by atoms with E-state index >= 15 is 0 Å². The summed E-state index contributed by atoms with van der Waals surface area (Å²) in [6.45, 7) is 10.4. The van der Waals surface area contributed by atoms with Gasteiger partial charge in [-0.15, -0.1) is 0 Å². The second-order valence-corrected chi connectivity index (χ2v) is 5.42. The van der Waals surface area contributed by atoms with Gasteiger partial charge in [-0.25, -0.2) is 0 Å². The second-order valence-electron chi connectivity index (χ2n) is 5.42. The maximum Gasteiger partial charge on any atom is 0.219 e. The van der Waals surface area contributed by atoms with Crippen molar-refractivity contribution in [3.05, 3.63) is 0 Å². The summed E-state index contributed by atoms with van der Waals surface area (Å²) >= 11 is 0. The average molecular weight is 240 g/mol. The minimum Gasteiger partial charge on any atom is -0.381 e. The van der Waals surface area contributed by atoms with Crippen LogP contribution in [0.2, 0.25) is 0 Å². The highest BCUT2D eigenvalue weighted by Crippen LogP contribution is 2.46. The first-order valence-electron chi connectivity index (χ1n) is 6.71. The van der Waals surface area contributed by atoms with E-state index in [0.29, 0.717) is 5.41 Å². The van der Waals surface area contributed by atoms with Gasteiger partial charge in [0.05, 0.1) is 6.61 Å². The van der Waals surface area contributed by atoms with E-state index in [0.717, 1.165) is 45.9 Å². The van der Waals surface area contributed by atoms with E-state index in [4.69, 9.17) is 4.74 Å². The number of hydrogen-bond acceptors (Lipinski definition) is 3. The van der Waals surface area contributed by atoms with Crippen LogP contribution in [0.5, 0.6) is 0 Å². The Morgan fingerprint density at radius 2 is 1.88 bits per heavy atom. The summed E-state index contributed by atoms with van der Waals surface area (Å²) in [5.41, 5.74) is 0.439. The van der Waals surface area contributed by atoms with E-state index in [9.17, 15) is 4.79 Å². The predicted octanol–water partition coefficient (Wildman–Crippen LogP) is 0.967. The average Bonchev–Trinajstić information content (AvgIpc) is 3.07. The predicted molar refractivity (Wildman–Crippen MR) is 66.9 cm³/mol. The number of nitrogens with zero attached hydrogens (tertiary/aromatic N) is 2. The maximum atomic E-state index is 11.2. The zero-order valence-electron chi connectivity index (χ0n) is 11.1. The first-order valence-corrected chi connectivity index (χ1v) is 6.71. The summed E-state index contributed by atoms with van der Waals surface area (Å²) in [7, 11) is 0. The largest absolute Gasteiger partial charge is 0.381 e. The van der Waals surface area contributed by atoms with E-state index in [2.05, 4.69) is 11.8 Å². The monoisotopic (exact) mass is 240 g/mol. The lowest BCUT2D eigenvalue weighted by Crippen LogP contribution is -2.49. The number of ether oxygens (including phenoxy) is 1. The van der Waals surface area contributed by atoms with E-state index in [1.807, 2.05) is 4.90 Å². The quantitative estimate of drug-likeness (QED) is 0.718. The van der Waals surface area contributed by atoms with Crippen molar-refractivity contribution in [1.82, 2.24) is 9.80 Å². The summed E-state index contributed by atoms with van der Waals surface area (Å²) in [6, 6.07) is 0. The third kappa shape index (κ3) is 3.42. The highest BCUT2D eigenvalue weighted by Gasteiger charge is 2.44. The highest BCUT2D eigenvalue weighted by atomic mass is 16.5. The minimum absolute atomic E-state index is 0.208. The van der Waals surface area contributed by atoms with Crippen molar-refractivity contribution in [3.63, 3.8) is 0 Å². The van der Waals surface area contributed by atoms with Crippen LogP contribution in [0, 0.1) is 5.41 Å². The Bertz CT molecular complexity index is 269. The zero-order valence-corrected chi connectivity index (χ0v) is 11.1. The van der Waals surface area contributed by atoms with Crippen molar-refractivity contribution in [1.29, 1.82) is 0 Å². The molecule has 1 aliphatic heterocycles. The fourth-order valence-corrected chi connectivity index (χ4v) is 2.54. The number of amides is 1. The Balaban J connectivity index is 1.73. The SMILES string of the molecule is CCOCC1(CN2CCN(C(C)=O)CC2)CC1. The standard InChI is InChI=1S/C13H24N2O2/c1-3-17-11-13(4-5-13)10-14-6-8-15(9-7-14)12(2)16/h3-11H2,1-2H3. The molecule has 1 aliphatic carbocycles. The lowest BCUT2D eigenvalue weighted by atomic mass is 10.1. The van der Waals surface area contributed by atoms with Crippen LogP contribution in [0.3, 0.4) is 0 Å². The molecule has 17 heavy (non-hydrogen) atoms. The van der Waals surface area contributed by atoms with Crippen LogP contribution >= 0.6 is 0 Å². The van der Waals surface area contributed by atoms with Crippen LogP contribution in [-0.2, 0) is 9.53 Å². The third-order valence-corrected chi connectivity index (χ3v) is 3.95. The van der Waals surface area contributed by atoms with Crippen molar-refractivity contribution in [2.45, 2.75) is 26.7 Å². The zero-order chi connectivity index (χ0) is 12.3. The molecule has 2 aliphatic rings. The lowest BCUT2D eigenvalue weighted by molar-refractivity contribution is -0.130. The van der Waals surface area contributed by atoms with Crippen LogP contribution in [0.15, 0.2) is 0 Å². The molecule has 2 fully saturated rings. The van der Waals surface area contributed by atoms with Gasteiger partial charge in [-0.1, -0.05) is 0 Å². The van der Waals surface area contributed by atoms with Crippen LogP contribution < -0.4 is 0 Å². The molecule has 0 atom stereocenters. The smallest absolute Gasteiger partial charge is 0.219 e. The van der Waals surface area contributed by atoms with Gasteiger partial charge in [0.25, 0.3) is 0 Å². The molecule has 2 rings (SSSR count). The fourth-order valence-electron chi connectivity index (χ4n) is 2.54. The molecule has 0 spiro atoms. The Morgan fingerprint density at radius 1 is 1.24 bits per heavy atom. The molecule has 0 aromatic heterocycles. The van der Waals surface area contributed by atoms with Crippen molar-refractivity contribution in [3.8, 4) is 0 Å². The van der Waals surface area contributed by atoms with Gasteiger partial charge in [0, 0.05) is 51.7 Å². The molecule has 0 bridgehead atoms. The Labute approximate surface area is 104 Å². The summed E-state index contributed by atoms with van der Waals surface area (Å²) in [6.07, 6.45) is 2.61. The molecule has 4 heteroatoms. The number of rotatable bonds is 5. The van der Waals surface area contributed by atoms with Gasteiger partial charge in [-0.2, -0.15) is 0 Å². The van der Waals surface area contributed by atoms with Gasteiger partial charge in [-0.05, 0) is 19.8 Å². The van der Waals surface area contributed by atoms with Crippen molar-refractivity contribution in [2.24, 2.45) is 5.41 Å². The van der Waals surface area contributed by atoms with Crippen LogP contribution in [-0.4, -0.2) is 61.6 Å². The van der Waals surface area contributed by atoms with Crippen LogP contribution in [0.1, 0.15) is 26.7 Å². The van der Waals surface area contributed by atoms with Crippen molar-refractivity contribution < 1.29 is 9.53 Å². The third-order valence-electron chi connectivity index (χ3n) is 3.95. The summed E-state index contributed by atoms with van der Waals surface area (Å²) < 4.78 is 5.57. The molecule has 1 saturated heterocycles. The van der Waals surface area contributed by atoms with E-state index in [1.165, 1.54) is 12.8 Å². The van der Waals surface area contributed by atoms with Gasteiger partial charge in [0.1, 0.15) is 0 Å². The maximum absolute atomic E-state index is 11.2. The molecule has 1 heterocycles. The molecule has 0 aromatic rings. The normalized spacial score (nSPS) is 23.8. The molecule has 1 amide bonds. The summed E-state index contributed by atoms with van der Waals surface area (Å²) in [5, 5.41) is 0. The minimum atomic E-state index is 0.208. The van der Waals surface area contributed by atoms with E-state index in [-0.39, 0.29) is 5.91 Å². The Hall–Kier alpha value is -0.610. The molecule has 98 valence electrons. The van der Waals surface area contributed by atoms with Crippen molar-refractivity contribution in [2.75, 3.05) is 45.9 Å². The molecular formula is C13H24N2O2. The van der Waals surface area contributed by atoms with Crippen LogP contribution in [0.4, 0.5) is 0 Å². The van der Waals surface area contributed by atoms with Gasteiger partial charge >= 0.3 is 0 Å². The Morgan fingerprint density at radius 3 is 2.35 bits per heavy atom. The number of carbonyl (C=O) groups excluding carboxylic acids is 1. The summed E-state index contributed by atoms with van der Waals surface area (Å²) in [4.78, 5) is 15.7.